The van der Waals surface area contributed by atoms with E-state index in [2.05, 4.69) is 0 Å². The van der Waals surface area contributed by atoms with E-state index in [0.717, 1.165) is 0 Å². The van der Waals surface area contributed by atoms with Crippen molar-refractivity contribution in [3.63, 3.8) is 0 Å². The van der Waals surface area contributed by atoms with Gasteiger partial charge in [0.1, 0.15) is 5.82 Å². The summed E-state index contributed by atoms with van der Waals surface area (Å²) in [6, 6.07) is 4.22. The van der Waals surface area contributed by atoms with Gasteiger partial charge < -0.3 is 4.90 Å². The van der Waals surface area contributed by atoms with Gasteiger partial charge in [-0.2, -0.15) is 0 Å². The van der Waals surface area contributed by atoms with Crippen LogP contribution in [0, 0.1) is 5.82 Å². The normalized spacial score (nSPS) is 18.8. The van der Waals surface area contributed by atoms with Crippen LogP contribution in [0.3, 0.4) is 0 Å². The highest BCUT2D eigenvalue weighted by Crippen LogP contribution is 2.33. The van der Waals surface area contributed by atoms with Gasteiger partial charge in [0, 0.05) is 31.5 Å². The van der Waals surface area contributed by atoms with E-state index in [4.69, 9.17) is 0 Å². The number of Topliss-reactive ketones (excluding diaryl/α,β-unsaturated/α-hetero) is 1. The number of ketones is 1. The summed E-state index contributed by atoms with van der Waals surface area (Å²) in [5.41, 5.74) is 0.403. The second-order valence-electron chi connectivity index (χ2n) is 4.54. The minimum Gasteiger partial charge on any atom is -0.368 e. The largest absolute Gasteiger partial charge is 0.368 e. The summed E-state index contributed by atoms with van der Waals surface area (Å²) in [6.07, 6.45) is -0.614. The van der Waals surface area contributed by atoms with Crippen molar-refractivity contribution in [3.8, 4) is 0 Å². The number of para-hydroxylation sites is 1. The standard InChI is InChI=1S/C13H14F3NO/c1-9(18)10-3-2-4-11(14)12(10)17-7-5-13(15,16)6-8-17/h2-4H,5-8H2,1H3. The van der Waals surface area contributed by atoms with Gasteiger partial charge in [0.15, 0.2) is 5.78 Å². The molecule has 0 saturated carbocycles. The molecule has 1 aromatic rings. The van der Waals surface area contributed by atoms with Gasteiger partial charge in [-0.1, -0.05) is 6.07 Å². The molecule has 1 fully saturated rings. The van der Waals surface area contributed by atoms with Gasteiger partial charge in [0.25, 0.3) is 5.92 Å². The van der Waals surface area contributed by atoms with E-state index in [-0.39, 0.29) is 43.0 Å². The maximum atomic E-state index is 13.8. The zero-order valence-electron chi connectivity index (χ0n) is 10.0. The maximum Gasteiger partial charge on any atom is 0.251 e. The number of halogens is 3. The van der Waals surface area contributed by atoms with Crippen molar-refractivity contribution in [2.75, 3.05) is 18.0 Å². The fourth-order valence-corrected chi connectivity index (χ4v) is 2.18. The fourth-order valence-electron chi connectivity index (χ4n) is 2.18. The summed E-state index contributed by atoms with van der Waals surface area (Å²) in [7, 11) is 0. The predicted octanol–water partition coefficient (Wildman–Crippen LogP) is 3.26. The fraction of sp³-hybridized carbons (Fsp3) is 0.462. The van der Waals surface area contributed by atoms with Crippen LogP contribution in [0.5, 0.6) is 0 Å². The van der Waals surface area contributed by atoms with E-state index in [1.54, 1.807) is 0 Å². The average Bonchev–Trinajstić information content (AvgIpc) is 2.29. The van der Waals surface area contributed by atoms with Gasteiger partial charge in [-0.05, 0) is 19.1 Å². The Kier molecular flexibility index (Phi) is 3.32. The van der Waals surface area contributed by atoms with E-state index in [1.165, 1.54) is 30.0 Å². The summed E-state index contributed by atoms with van der Waals surface area (Å²) < 4.78 is 39.9. The molecular formula is C13H14F3NO. The molecule has 0 N–H and O–H groups in total. The molecule has 2 rings (SSSR count). The molecule has 1 aromatic carbocycles. The minimum atomic E-state index is -2.68. The van der Waals surface area contributed by atoms with Crippen LogP contribution in [0.1, 0.15) is 30.1 Å². The molecule has 18 heavy (non-hydrogen) atoms. The molecule has 0 atom stereocenters. The zero-order valence-corrected chi connectivity index (χ0v) is 10.0. The van der Waals surface area contributed by atoms with Gasteiger partial charge in [-0.15, -0.1) is 0 Å². The third-order valence-corrected chi connectivity index (χ3v) is 3.18. The highest BCUT2D eigenvalue weighted by atomic mass is 19.3. The third kappa shape index (κ3) is 2.49. The van der Waals surface area contributed by atoms with Crippen molar-refractivity contribution in [1.29, 1.82) is 0 Å². The van der Waals surface area contributed by atoms with Gasteiger partial charge in [-0.25, -0.2) is 13.2 Å². The predicted molar refractivity (Wildman–Crippen MR) is 62.8 cm³/mol. The topological polar surface area (TPSA) is 20.3 Å². The maximum absolute atomic E-state index is 13.8. The van der Waals surface area contributed by atoms with Crippen LogP contribution in [-0.4, -0.2) is 24.8 Å². The Bertz CT molecular complexity index is 463. The molecule has 0 radical (unpaired) electrons. The second kappa shape index (κ2) is 4.63. The van der Waals surface area contributed by atoms with Gasteiger partial charge >= 0.3 is 0 Å². The third-order valence-electron chi connectivity index (χ3n) is 3.18. The number of anilines is 1. The van der Waals surface area contributed by atoms with E-state index >= 15 is 0 Å². The number of piperidine rings is 1. The minimum absolute atomic E-state index is 0.0637. The summed E-state index contributed by atoms with van der Waals surface area (Å²) in [5.74, 6) is -3.48. The van der Waals surface area contributed by atoms with Crippen molar-refractivity contribution in [2.45, 2.75) is 25.7 Å². The number of nitrogens with zero attached hydrogens (tertiary/aromatic N) is 1. The molecule has 1 heterocycles. The SMILES string of the molecule is CC(=O)c1cccc(F)c1N1CCC(F)(F)CC1. The quantitative estimate of drug-likeness (QED) is 0.758. The van der Waals surface area contributed by atoms with Crippen LogP contribution in [-0.2, 0) is 0 Å². The summed E-state index contributed by atoms with van der Waals surface area (Å²) >= 11 is 0. The molecule has 0 aliphatic carbocycles. The number of hydrogen-bond donors (Lipinski definition) is 0. The first kappa shape index (κ1) is 12.9. The van der Waals surface area contributed by atoms with E-state index in [1.807, 2.05) is 0 Å². The highest BCUT2D eigenvalue weighted by Gasteiger charge is 2.35. The van der Waals surface area contributed by atoms with Crippen molar-refractivity contribution >= 4 is 11.5 Å². The van der Waals surface area contributed by atoms with Gasteiger partial charge in [0.05, 0.1) is 5.69 Å². The van der Waals surface area contributed by atoms with E-state index < -0.39 is 11.7 Å². The first-order valence-corrected chi connectivity index (χ1v) is 5.83. The molecule has 5 heteroatoms. The first-order chi connectivity index (χ1) is 8.41. The summed E-state index contributed by atoms with van der Waals surface area (Å²) in [5, 5.41) is 0. The average molecular weight is 257 g/mol. The molecule has 0 unspecified atom stereocenters. The molecule has 1 aliphatic heterocycles. The van der Waals surface area contributed by atoms with Crippen LogP contribution in [0.25, 0.3) is 0 Å². The van der Waals surface area contributed by atoms with Crippen molar-refractivity contribution in [2.24, 2.45) is 0 Å². The molecule has 0 spiro atoms. The van der Waals surface area contributed by atoms with Crippen LogP contribution in [0.2, 0.25) is 0 Å². The van der Waals surface area contributed by atoms with Crippen molar-refractivity contribution < 1.29 is 18.0 Å². The number of carbonyl (C=O) groups excluding carboxylic acids is 1. The first-order valence-electron chi connectivity index (χ1n) is 5.83. The molecule has 1 saturated heterocycles. The van der Waals surface area contributed by atoms with Crippen LogP contribution >= 0.6 is 0 Å². The number of alkyl halides is 2. The molecule has 1 aliphatic rings. The number of carbonyl (C=O) groups is 1. The number of hydrogen-bond acceptors (Lipinski definition) is 2. The van der Waals surface area contributed by atoms with Crippen LogP contribution in [0.4, 0.5) is 18.9 Å². The monoisotopic (exact) mass is 257 g/mol. The second-order valence-corrected chi connectivity index (χ2v) is 4.54. The van der Waals surface area contributed by atoms with E-state index in [0.29, 0.717) is 0 Å². The number of rotatable bonds is 2. The Morgan fingerprint density at radius 3 is 2.44 bits per heavy atom. The molecule has 98 valence electrons. The van der Waals surface area contributed by atoms with E-state index in [9.17, 15) is 18.0 Å². The Morgan fingerprint density at radius 2 is 1.89 bits per heavy atom. The Morgan fingerprint density at radius 1 is 1.28 bits per heavy atom. The zero-order chi connectivity index (χ0) is 13.3. The Hall–Kier alpha value is -1.52. The van der Waals surface area contributed by atoms with Gasteiger partial charge in [-0.3, -0.25) is 4.79 Å². The molecule has 0 bridgehead atoms. The van der Waals surface area contributed by atoms with Crippen LogP contribution in [0.15, 0.2) is 18.2 Å². The molecule has 0 aromatic heterocycles. The summed E-state index contributed by atoms with van der Waals surface area (Å²) in [4.78, 5) is 13.0. The van der Waals surface area contributed by atoms with Crippen molar-refractivity contribution in [1.82, 2.24) is 0 Å². The van der Waals surface area contributed by atoms with Crippen molar-refractivity contribution in [3.05, 3.63) is 29.6 Å². The highest BCUT2D eigenvalue weighted by molar-refractivity contribution is 5.99. The Balaban J connectivity index is 2.31. The molecule has 2 nitrogen and oxygen atoms in total. The Labute approximate surface area is 103 Å². The lowest BCUT2D eigenvalue weighted by molar-refractivity contribution is -0.0221. The molecule has 0 amide bonds. The summed E-state index contributed by atoms with van der Waals surface area (Å²) in [6.45, 7) is 1.47. The molecular weight excluding hydrogens is 243 g/mol. The smallest absolute Gasteiger partial charge is 0.251 e. The lowest BCUT2D eigenvalue weighted by atomic mass is 10.0. The number of benzene rings is 1. The lowest BCUT2D eigenvalue weighted by Gasteiger charge is -2.34. The lowest BCUT2D eigenvalue weighted by Crippen LogP contribution is -2.40. The van der Waals surface area contributed by atoms with Gasteiger partial charge in [0.2, 0.25) is 0 Å². The van der Waals surface area contributed by atoms with Crippen LogP contribution < -0.4 is 4.90 Å².